The molecule has 0 aromatic carbocycles. The molecular weight excluding hydrogens is 150 g/mol. The molecule has 0 saturated carbocycles. The quantitative estimate of drug-likeness (QED) is 0.630. The summed E-state index contributed by atoms with van der Waals surface area (Å²) in [6, 6.07) is 5.69. The van der Waals surface area contributed by atoms with E-state index in [1.165, 1.54) is 6.08 Å². The monoisotopic (exact) mass is 161 g/mol. The highest BCUT2D eigenvalue weighted by Gasteiger charge is 1.97. The largest absolute Gasteiger partial charge is 0.295 e. The smallest absolute Gasteiger partial charge is 0.155 e. The van der Waals surface area contributed by atoms with Crippen LogP contribution in [0.3, 0.4) is 0 Å². The highest BCUT2D eigenvalue weighted by Crippen LogP contribution is 1.98. The number of rotatable bonds is 4. The molecule has 0 aliphatic carbocycles. The number of carbonyl (C=O) groups is 1. The van der Waals surface area contributed by atoms with Crippen LogP contribution in [0.5, 0.6) is 0 Å². The molecule has 0 unspecified atom stereocenters. The van der Waals surface area contributed by atoms with Crippen molar-refractivity contribution in [3.63, 3.8) is 0 Å². The average molecular weight is 161 g/mol. The lowest BCUT2D eigenvalue weighted by molar-refractivity contribution is -0.114. The van der Waals surface area contributed by atoms with Crippen molar-refractivity contribution in [2.75, 3.05) is 0 Å². The molecule has 12 heavy (non-hydrogen) atoms. The molecule has 0 aliphatic heterocycles. The van der Waals surface area contributed by atoms with Crippen LogP contribution in [0.15, 0.2) is 37.1 Å². The van der Waals surface area contributed by atoms with Gasteiger partial charge in [0.15, 0.2) is 5.78 Å². The summed E-state index contributed by atoms with van der Waals surface area (Å²) in [4.78, 5) is 14.9. The second-order valence-electron chi connectivity index (χ2n) is 2.49. The molecule has 0 N–H and O–H groups in total. The maximum Gasteiger partial charge on any atom is 0.155 e. The third-order valence-electron chi connectivity index (χ3n) is 1.58. The van der Waals surface area contributed by atoms with E-state index in [9.17, 15) is 4.79 Å². The van der Waals surface area contributed by atoms with Crippen LogP contribution in [0.2, 0.25) is 0 Å². The molecule has 0 atom stereocenters. The minimum Gasteiger partial charge on any atom is -0.295 e. The number of aromatic nitrogens is 1. The summed E-state index contributed by atoms with van der Waals surface area (Å²) in [6.07, 6.45) is 4.28. The van der Waals surface area contributed by atoms with Gasteiger partial charge < -0.3 is 0 Å². The molecular formula is C10H11NO. The van der Waals surface area contributed by atoms with Crippen LogP contribution in [0.4, 0.5) is 0 Å². The Morgan fingerprint density at radius 2 is 2.42 bits per heavy atom. The predicted octanol–water partition coefficient (Wildman–Crippen LogP) is 1.77. The zero-order valence-corrected chi connectivity index (χ0v) is 6.86. The summed E-state index contributed by atoms with van der Waals surface area (Å²) in [5, 5.41) is 0. The fourth-order valence-corrected chi connectivity index (χ4v) is 0.899. The molecule has 0 fully saturated rings. The van der Waals surface area contributed by atoms with E-state index in [0.29, 0.717) is 12.8 Å². The predicted molar refractivity (Wildman–Crippen MR) is 47.8 cm³/mol. The molecule has 2 heteroatoms. The Kier molecular flexibility index (Phi) is 3.20. The van der Waals surface area contributed by atoms with Gasteiger partial charge in [0.2, 0.25) is 0 Å². The molecule has 0 radical (unpaired) electrons. The summed E-state index contributed by atoms with van der Waals surface area (Å²) >= 11 is 0. The first-order valence-electron chi connectivity index (χ1n) is 3.88. The minimum atomic E-state index is 0.0700. The van der Waals surface area contributed by atoms with Gasteiger partial charge in [0.05, 0.1) is 0 Å². The van der Waals surface area contributed by atoms with Gasteiger partial charge in [-0.05, 0) is 24.6 Å². The van der Waals surface area contributed by atoms with Crippen molar-refractivity contribution in [2.45, 2.75) is 12.8 Å². The van der Waals surface area contributed by atoms with Gasteiger partial charge in [-0.3, -0.25) is 9.78 Å². The van der Waals surface area contributed by atoms with Crippen molar-refractivity contribution < 1.29 is 4.79 Å². The fraction of sp³-hybridized carbons (Fsp3) is 0.200. The first kappa shape index (κ1) is 8.65. The fourth-order valence-electron chi connectivity index (χ4n) is 0.899. The molecule has 0 spiro atoms. The third kappa shape index (κ3) is 2.66. The third-order valence-corrected chi connectivity index (χ3v) is 1.58. The molecule has 2 nitrogen and oxygen atoms in total. The van der Waals surface area contributed by atoms with E-state index in [0.717, 1.165) is 5.69 Å². The Morgan fingerprint density at radius 3 is 3.00 bits per heavy atom. The Bertz CT molecular complexity index is 266. The molecule has 62 valence electrons. The lowest BCUT2D eigenvalue weighted by atomic mass is 10.1. The van der Waals surface area contributed by atoms with Crippen molar-refractivity contribution in [1.29, 1.82) is 0 Å². The normalized spacial score (nSPS) is 9.33. The van der Waals surface area contributed by atoms with Gasteiger partial charge in [0, 0.05) is 18.3 Å². The van der Waals surface area contributed by atoms with Crippen LogP contribution >= 0.6 is 0 Å². The number of aryl methyl sites for hydroxylation is 1. The number of hydrogen-bond acceptors (Lipinski definition) is 2. The van der Waals surface area contributed by atoms with Gasteiger partial charge in [-0.15, -0.1) is 0 Å². The molecule has 0 aliphatic rings. The minimum absolute atomic E-state index is 0.0700. The van der Waals surface area contributed by atoms with Crippen molar-refractivity contribution in [3.8, 4) is 0 Å². The van der Waals surface area contributed by atoms with Crippen LogP contribution in [0.1, 0.15) is 12.1 Å². The Morgan fingerprint density at radius 1 is 1.58 bits per heavy atom. The number of hydrogen-bond donors (Lipinski definition) is 0. The summed E-state index contributed by atoms with van der Waals surface area (Å²) in [5.41, 5.74) is 0.952. The Balaban J connectivity index is 2.43. The Labute approximate surface area is 71.9 Å². The van der Waals surface area contributed by atoms with Gasteiger partial charge in [0.25, 0.3) is 0 Å². The standard InChI is InChI=1S/C10H11NO/c1-2-10(12)7-6-9-5-3-4-8-11-9/h2-5,8H,1,6-7H2. The number of pyridine rings is 1. The summed E-state index contributed by atoms with van der Waals surface area (Å²) in [5.74, 6) is 0.0700. The van der Waals surface area contributed by atoms with Crippen molar-refractivity contribution in [1.82, 2.24) is 4.98 Å². The second-order valence-corrected chi connectivity index (χ2v) is 2.49. The summed E-state index contributed by atoms with van der Waals surface area (Å²) in [6.45, 7) is 3.40. The summed E-state index contributed by atoms with van der Waals surface area (Å²) in [7, 11) is 0. The van der Waals surface area contributed by atoms with Crippen LogP contribution in [-0.4, -0.2) is 10.8 Å². The van der Waals surface area contributed by atoms with E-state index in [2.05, 4.69) is 11.6 Å². The first-order valence-corrected chi connectivity index (χ1v) is 3.88. The number of ketones is 1. The van der Waals surface area contributed by atoms with E-state index in [1.54, 1.807) is 6.20 Å². The van der Waals surface area contributed by atoms with E-state index >= 15 is 0 Å². The van der Waals surface area contributed by atoms with Crippen LogP contribution in [0, 0.1) is 0 Å². The highest BCUT2D eigenvalue weighted by atomic mass is 16.1. The lowest BCUT2D eigenvalue weighted by Gasteiger charge is -1.95. The van der Waals surface area contributed by atoms with Gasteiger partial charge in [0.1, 0.15) is 0 Å². The van der Waals surface area contributed by atoms with Gasteiger partial charge in [-0.2, -0.15) is 0 Å². The number of allylic oxidation sites excluding steroid dienone is 1. The van der Waals surface area contributed by atoms with Gasteiger partial charge in [-0.25, -0.2) is 0 Å². The van der Waals surface area contributed by atoms with Crippen LogP contribution in [-0.2, 0) is 11.2 Å². The SMILES string of the molecule is C=CC(=O)CCc1ccccn1. The zero-order valence-electron chi connectivity index (χ0n) is 6.86. The van der Waals surface area contributed by atoms with Gasteiger partial charge in [-0.1, -0.05) is 12.6 Å². The van der Waals surface area contributed by atoms with E-state index in [1.807, 2.05) is 18.2 Å². The lowest BCUT2D eigenvalue weighted by Crippen LogP contribution is -1.96. The molecule has 1 aromatic heterocycles. The van der Waals surface area contributed by atoms with E-state index in [-0.39, 0.29) is 5.78 Å². The zero-order chi connectivity index (χ0) is 8.81. The van der Waals surface area contributed by atoms with Gasteiger partial charge >= 0.3 is 0 Å². The molecule has 1 aromatic rings. The topological polar surface area (TPSA) is 30.0 Å². The molecule has 0 bridgehead atoms. The average Bonchev–Trinajstić information content (AvgIpc) is 2.16. The maximum atomic E-state index is 10.8. The van der Waals surface area contributed by atoms with E-state index < -0.39 is 0 Å². The van der Waals surface area contributed by atoms with Crippen molar-refractivity contribution in [3.05, 3.63) is 42.7 Å². The second kappa shape index (κ2) is 4.44. The highest BCUT2D eigenvalue weighted by molar-refractivity contribution is 5.89. The van der Waals surface area contributed by atoms with Crippen LogP contribution < -0.4 is 0 Å². The molecule has 0 amide bonds. The molecule has 0 saturated heterocycles. The number of carbonyl (C=O) groups excluding carboxylic acids is 1. The maximum absolute atomic E-state index is 10.8. The van der Waals surface area contributed by atoms with Crippen LogP contribution in [0.25, 0.3) is 0 Å². The van der Waals surface area contributed by atoms with E-state index in [4.69, 9.17) is 0 Å². The Hall–Kier alpha value is -1.44. The molecule has 1 rings (SSSR count). The molecule has 1 heterocycles. The van der Waals surface area contributed by atoms with Crippen molar-refractivity contribution >= 4 is 5.78 Å². The summed E-state index contributed by atoms with van der Waals surface area (Å²) < 4.78 is 0. The first-order chi connectivity index (χ1) is 5.83. The number of nitrogens with zero attached hydrogens (tertiary/aromatic N) is 1. The van der Waals surface area contributed by atoms with Crippen molar-refractivity contribution in [2.24, 2.45) is 0 Å².